The van der Waals surface area contributed by atoms with Gasteiger partial charge in [-0.2, -0.15) is 8.78 Å². The van der Waals surface area contributed by atoms with E-state index in [0.29, 0.717) is 12.1 Å². The summed E-state index contributed by atoms with van der Waals surface area (Å²) >= 11 is 0. The van der Waals surface area contributed by atoms with Gasteiger partial charge in [0, 0.05) is 18.2 Å². The molecule has 0 saturated heterocycles. The molecule has 0 amide bonds. The second kappa shape index (κ2) is 7.79. The molecule has 0 aliphatic heterocycles. The van der Waals surface area contributed by atoms with Crippen LogP contribution in [0.15, 0.2) is 24.3 Å². The molecule has 0 aliphatic rings. The van der Waals surface area contributed by atoms with E-state index in [-0.39, 0.29) is 24.3 Å². The SMILES string of the molecule is COC(=O)CN(Cc1ccccc1OC(F)F)C(C)C. The summed E-state index contributed by atoms with van der Waals surface area (Å²) < 4.78 is 33.8. The summed E-state index contributed by atoms with van der Waals surface area (Å²) in [6, 6.07) is 6.61. The minimum atomic E-state index is -2.87. The van der Waals surface area contributed by atoms with E-state index in [2.05, 4.69) is 9.47 Å². The van der Waals surface area contributed by atoms with Crippen LogP contribution in [0.5, 0.6) is 5.75 Å². The molecule has 0 aliphatic carbocycles. The van der Waals surface area contributed by atoms with Gasteiger partial charge >= 0.3 is 12.6 Å². The van der Waals surface area contributed by atoms with E-state index in [1.54, 1.807) is 18.2 Å². The molecule has 1 rings (SSSR count). The van der Waals surface area contributed by atoms with E-state index in [4.69, 9.17) is 0 Å². The smallest absolute Gasteiger partial charge is 0.387 e. The van der Waals surface area contributed by atoms with E-state index in [1.807, 2.05) is 18.7 Å². The van der Waals surface area contributed by atoms with Crippen molar-refractivity contribution in [2.24, 2.45) is 0 Å². The highest BCUT2D eigenvalue weighted by atomic mass is 19.3. The molecule has 0 radical (unpaired) electrons. The van der Waals surface area contributed by atoms with Gasteiger partial charge in [0.25, 0.3) is 0 Å². The summed E-state index contributed by atoms with van der Waals surface area (Å²) in [5, 5.41) is 0. The van der Waals surface area contributed by atoms with Crippen LogP contribution in [-0.4, -0.2) is 37.2 Å². The fourth-order valence-electron chi connectivity index (χ4n) is 1.72. The number of halogens is 2. The second-order valence-electron chi connectivity index (χ2n) is 4.56. The topological polar surface area (TPSA) is 38.8 Å². The van der Waals surface area contributed by atoms with Crippen molar-refractivity contribution >= 4 is 5.97 Å². The predicted molar refractivity (Wildman–Crippen MR) is 70.6 cm³/mol. The molecule has 20 heavy (non-hydrogen) atoms. The minimum absolute atomic E-state index is 0.0636. The van der Waals surface area contributed by atoms with Crippen LogP contribution in [0.4, 0.5) is 8.78 Å². The lowest BCUT2D eigenvalue weighted by atomic mass is 10.1. The average molecular weight is 287 g/mol. The number of esters is 1. The first-order valence-electron chi connectivity index (χ1n) is 6.27. The molecule has 0 heterocycles. The van der Waals surface area contributed by atoms with Crippen molar-refractivity contribution in [2.45, 2.75) is 33.0 Å². The summed E-state index contributed by atoms with van der Waals surface area (Å²) in [5.41, 5.74) is 0.602. The molecular formula is C14H19F2NO3. The molecule has 0 saturated carbocycles. The van der Waals surface area contributed by atoms with Gasteiger partial charge in [-0.3, -0.25) is 9.69 Å². The van der Waals surface area contributed by atoms with Crippen LogP contribution in [-0.2, 0) is 16.1 Å². The predicted octanol–water partition coefficient (Wildman–Crippen LogP) is 2.67. The standard InChI is InChI=1S/C14H19F2NO3/c1-10(2)17(9-13(18)19-3)8-11-6-4-5-7-12(11)20-14(15)16/h4-7,10,14H,8-9H2,1-3H3. The van der Waals surface area contributed by atoms with Crippen molar-refractivity contribution in [1.29, 1.82) is 0 Å². The summed E-state index contributed by atoms with van der Waals surface area (Å²) in [7, 11) is 1.31. The van der Waals surface area contributed by atoms with Gasteiger partial charge in [0.1, 0.15) is 5.75 Å². The molecule has 0 fully saturated rings. The van der Waals surface area contributed by atoms with Gasteiger partial charge in [0.2, 0.25) is 0 Å². The fraction of sp³-hybridized carbons (Fsp3) is 0.500. The van der Waals surface area contributed by atoms with Crippen LogP contribution in [0.1, 0.15) is 19.4 Å². The maximum atomic E-state index is 12.4. The van der Waals surface area contributed by atoms with Crippen LogP contribution in [0.25, 0.3) is 0 Å². The molecule has 112 valence electrons. The first-order chi connectivity index (χ1) is 9.43. The zero-order valence-corrected chi connectivity index (χ0v) is 11.8. The first kappa shape index (κ1) is 16.4. The molecule has 0 unspecified atom stereocenters. The second-order valence-corrected chi connectivity index (χ2v) is 4.56. The number of carbonyl (C=O) groups excluding carboxylic acids is 1. The number of hydrogen-bond donors (Lipinski definition) is 0. The molecular weight excluding hydrogens is 268 g/mol. The lowest BCUT2D eigenvalue weighted by Crippen LogP contribution is -2.35. The van der Waals surface area contributed by atoms with Gasteiger partial charge < -0.3 is 9.47 Å². The monoisotopic (exact) mass is 287 g/mol. The van der Waals surface area contributed by atoms with E-state index in [1.165, 1.54) is 13.2 Å². The zero-order valence-electron chi connectivity index (χ0n) is 11.8. The number of nitrogens with zero attached hydrogens (tertiary/aromatic N) is 1. The van der Waals surface area contributed by atoms with Crippen LogP contribution >= 0.6 is 0 Å². The van der Waals surface area contributed by atoms with Gasteiger partial charge in [-0.05, 0) is 19.9 Å². The lowest BCUT2D eigenvalue weighted by molar-refractivity contribution is -0.142. The van der Waals surface area contributed by atoms with Crippen molar-refractivity contribution in [1.82, 2.24) is 4.90 Å². The van der Waals surface area contributed by atoms with E-state index >= 15 is 0 Å². The first-order valence-corrected chi connectivity index (χ1v) is 6.27. The Kier molecular flexibility index (Phi) is 6.38. The lowest BCUT2D eigenvalue weighted by Gasteiger charge is -2.26. The van der Waals surface area contributed by atoms with E-state index < -0.39 is 6.61 Å². The highest BCUT2D eigenvalue weighted by molar-refractivity contribution is 5.71. The summed E-state index contributed by atoms with van der Waals surface area (Å²) in [6.45, 7) is 1.38. The number of ether oxygens (including phenoxy) is 2. The molecule has 1 aromatic rings. The number of hydrogen-bond acceptors (Lipinski definition) is 4. The number of benzene rings is 1. The Balaban J connectivity index is 2.85. The fourth-order valence-corrected chi connectivity index (χ4v) is 1.72. The molecule has 0 aromatic heterocycles. The highest BCUT2D eigenvalue weighted by Crippen LogP contribution is 2.22. The molecule has 4 nitrogen and oxygen atoms in total. The Morgan fingerprint density at radius 3 is 2.50 bits per heavy atom. The van der Waals surface area contributed by atoms with Gasteiger partial charge in [-0.25, -0.2) is 0 Å². The molecule has 1 aromatic carbocycles. The Bertz CT molecular complexity index is 438. The average Bonchev–Trinajstić information content (AvgIpc) is 2.39. The van der Waals surface area contributed by atoms with Crippen molar-refractivity contribution in [2.75, 3.05) is 13.7 Å². The van der Waals surface area contributed by atoms with E-state index in [9.17, 15) is 13.6 Å². The highest BCUT2D eigenvalue weighted by Gasteiger charge is 2.17. The summed E-state index contributed by atoms with van der Waals surface area (Å²) in [6.07, 6.45) is 0. The Hall–Kier alpha value is -1.69. The summed E-state index contributed by atoms with van der Waals surface area (Å²) in [4.78, 5) is 13.2. The third-order valence-corrected chi connectivity index (χ3v) is 2.85. The van der Waals surface area contributed by atoms with Gasteiger partial charge in [-0.1, -0.05) is 18.2 Å². The number of para-hydroxylation sites is 1. The van der Waals surface area contributed by atoms with E-state index in [0.717, 1.165) is 0 Å². The number of alkyl halides is 2. The Morgan fingerprint density at radius 1 is 1.30 bits per heavy atom. The normalized spacial score (nSPS) is 11.2. The maximum Gasteiger partial charge on any atom is 0.387 e. The van der Waals surface area contributed by atoms with Crippen molar-refractivity contribution in [3.8, 4) is 5.75 Å². The number of rotatable bonds is 7. The van der Waals surface area contributed by atoms with Crippen LogP contribution < -0.4 is 4.74 Å². The van der Waals surface area contributed by atoms with Crippen molar-refractivity contribution < 1.29 is 23.0 Å². The van der Waals surface area contributed by atoms with Crippen molar-refractivity contribution in [3.63, 3.8) is 0 Å². The quantitative estimate of drug-likeness (QED) is 0.723. The molecule has 0 spiro atoms. The maximum absolute atomic E-state index is 12.4. The third kappa shape index (κ3) is 5.13. The third-order valence-electron chi connectivity index (χ3n) is 2.85. The number of carbonyl (C=O) groups is 1. The minimum Gasteiger partial charge on any atom is -0.468 e. The Morgan fingerprint density at radius 2 is 1.95 bits per heavy atom. The van der Waals surface area contributed by atoms with Gasteiger partial charge in [0.05, 0.1) is 13.7 Å². The largest absolute Gasteiger partial charge is 0.468 e. The van der Waals surface area contributed by atoms with Crippen LogP contribution in [0.2, 0.25) is 0 Å². The molecule has 0 N–H and O–H groups in total. The van der Waals surface area contributed by atoms with Crippen LogP contribution in [0, 0.1) is 0 Å². The van der Waals surface area contributed by atoms with Gasteiger partial charge in [0.15, 0.2) is 0 Å². The summed E-state index contributed by atoms with van der Waals surface area (Å²) in [5.74, 6) is -0.246. The number of methoxy groups -OCH3 is 1. The van der Waals surface area contributed by atoms with Crippen molar-refractivity contribution in [3.05, 3.63) is 29.8 Å². The molecule has 6 heteroatoms. The Labute approximate surface area is 117 Å². The molecule has 0 atom stereocenters. The zero-order chi connectivity index (χ0) is 15.1. The van der Waals surface area contributed by atoms with Crippen LogP contribution in [0.3, 0.4) is 0 Å². The van der Waals surface area contributed by atoms with Gasteiger partial charge in [-0.15, -0.1) is 0 Å². The molecule has 0 bridgehead atoms.